The third-order valence-electron chi connectivity index (χ3n) is 4.35. The van der Waals surface area contributed by atoms with Crippen LogP contribution < -0.4 is 10.2 Å². The summed E-state index contributed by atoms with van der Waals surface area (Å²) in [4.78, 5) is 19.1. The van der Waals surface area contributed by atoms with Gasteiger partial charge in [0.2, 0.25) is 0 Å². The van der Waals surface area contributed by atoms with Crippen LogP contribution in [0.1, 0.15) is 40.7 Å². The van der Waals surface area contributed by atoms with E-state index in [-0.39, 0.29) is 11.5 Å². The number of carbonyl (C=O) groups is 1. The minimum atomic E-state index is -0.512. The second-order valence-electron chi connectivity index (χ2n) is 6.21. The molecule has 3 rings (SSSR count). The first-order chi connectivity index (χ1) is 12.1. The monoisotopic (exact) mass is 337 g/mol. The van der Waals surface area contributed by atoms with E-state index in [1.165, 1.54) is 37.5 Å². The lowest BCUT2D eigenvalue weighted by Gasteiger charge is -2.29. The summed E-state index contributed by atoms with van der Waals surface area (Å²) in [6.07, 6.45) is 10.5. The summed E-state index contributed by atoms with van der Waals surface area (Å²) in [6.45, 7) is 4.02. The lowest BCUT2D eigenvalue weighted by atomic mass is 10.1. The highest BCUT2D eigenvalue weighted by atomic mass is 19.1. The molecular formula is C20H20FN3O. The average Bonchev–Trinajstić information content (AvgIpc) is 2.63. The predicted molar refractivity (Wildman–Crippen MR) is 97.3 cm³/mol. The number of hydrogen-bond donors (Lipinski definition) is 1. The Morgan fingerprint density at radius 2 is 2.04 bits per heavy atom. The summed E-state index contributed by atoms with van der Waals surface area (Å²) in [7, 11) is 0. The van der Waals surface area contributed by atoms with Crippen molar-refractivity contribution in [3.05, 3.63) is 53.0 Å². The van der Waals surface area contributed by atoms with E-state index in [4.69, 9.17) is 6.42 Å². The maximum Gasteiger partial charge on any atom is 0.255 e. The Labute approximate surface area is 147 Å². The molecule has 0 bridgehead atoms. The number of nitrogens with one attached hydrogen (secondary N) is 1. The van der Waals surface area contributed by atoms with Gasteiger partial charge in [-0.05, 0) is 56.0 Å². The zero-order chi connectivity index (χ0) is 17.8. The van der Waals surface area contributed by atoms with Crippen molar-refractivity contribution in [3.63, 3.8) is 0 Å². The summed E-state index contributed by atoms with van der Waals surface area (Å²) < 4.78 is 13.4. The summed E-state index contributed by atoms with van der Waals surface area (Å²) >= 11 is 0. The quantitative estimate of drug-likeness (QED) is 0.868. The van der Waals surface area contributed by atoms with E-state index in [0.29, 0.717) is 11.3 Å². The van der Waals surface area contributed by atoms with Crippen LogP contribution in [0.2, 0.25) is 0 Å². The van der Waals surface area contributed by atoms with Crippen LogP contribution in [0, 0.1) is 25.1 Å². The summed E-state index contributed by atoms with van der Waals surface area (Å²) in [5.41, 5.74) is 2.01. The van der Waals surface area contributed by atoms with Gasteiger partial charge >= 0.3 is 0 Å². The Morgan fingerprint density at radius 1 is 1.28 bits per heavy atom. The fourth-order valence-corrected chi connectivity index (χ4v) is 3.05. The van der Waals surface area contributed by atoms with Gasteiger partial charge in [0, 0.05) is 18.7 Å². The summed E-state index contributed by atoms with van der Waals surface area (Å²) in [5.74, 6) is 2.35. The van der Waals surface area contributed by atoms with Crippen LogP contribution in [-0.4, -0.2) is 24.0 Å². The molecule has 2 heterocycles. The first-order valence-corrected chi connectivity index (χ1v) is 8.37. The molecule has 0 spiro atoms. The van der Waals surface area contributed by atoms with Gasteiger partial charge in [0.25, 0.3) is 5.91 Å². The molecule has 4 nitrogen and oxygen atoms in total. The van der Waals surface area contributed by atoms with Crippen molar-refractivity contribution in [2.75, 3.05) is 23.3 Å². The van der Waals surface area contributed by atoms with Gasteiger partial charge in [-0.15, -0.1) is 6.42 Å². The number of piperidine rings is 1. The van der Waals surface area contributed by atoms with Crippen LogP contribution >= 0.6 is 0 Å². The number of aryl methyl sites for hydroxylation is 1. The molecule has 25 heavy (non-hydrogen) atoms. The Morgan fingerprint density at radius 3 is 2.72 bits per heavy atom. The second-order valence-corrected chi connectivity index (χ2v) is 6.21. The number of hydrogen-bond acceptors (Lipinski definition) is 3. The number of anilines is 2. The molecule has 0 radical (unpaired) electrons. The van der Waals surface area contributed by atoms with Crippen molar-refractivity contribution >= 4 is 17.4 Å². The number of carbonyl (C=O) groups excluding carboxylic acids is 1. The highest BCUT2D eigenvalue weighted by Gasteiger charge is 2.15. The van der Waals surface area contributed by atoms with Crippen LogP contribution in [0.25, 0.3) is 0 Å². The van der Waals surface area contributed by atoms with Gasteiger partial charge in [0.15, 0.2) is 0 Å². The minimum absolute atomic E-state index is 0.0717. The Balaban J connectivity index is 1.75. The van der Waals surface area contributed by atoms with Crippen LogP contribution in [0.15, 0.2) is 30.5 Å². The largest absolute Gasteiger partial charge is 0.356 e. The van der Waals surface area contributed by atoms with Crippen molar-refractivity contribution in [2.45, 2.75) is 26.2 Å². The van der Waals surface area contributed by atoms with Crippen LogP contribution in [0.3, 0.4) is 0 Å². The first-order valence-electron chi connectivity index (χ1n) is 8.37. The normalized spacial score (nSPS) is 14.0. The van der Waals surface area contributed by atoms with Gasteiger partial charge in [-0.25, -0.2) is 9.37 Å². The second kappa shape index (κ2) is 7.35. The molecule has 0 atom stereocenters. The zero-order valence-corrected chi connectivity index (χ0v) is 14.2. The smallest absolute Gasteiger partial charge is 0.255 e. The van der Waals surface area contributed by atoms with E-state index in [2.05, 4.69) is 21.1 Å². The van der Waals surface area contributed by atoms with E-state index < -0.39 is 5.82 Å². The number of rotatable bonds is 3. The highest BCUT2D eigenvalue weighted by molar-refractivity contribution is 6.04. The number of amides is 1. The zero-order valence-electron chi connectivity index (χ0n) is 14.2. The van der Waals surface area contributed by atoms with E-state index in [1.54, 1.807) is 6.20 Å². The number of halogens is 1. The van der Waals surface area contributed by atoms with E-state index in [9.17, 15) is 9.18 Å². The molecule has 1 saturated heterocycles. The molecule has 1 aromatic heterocycles. The van der Waals surface area contributed by atoms with Crippen LogP contribution in [-0.2, 0) is 0 Å². The molecule has 1 aromatic carbocycles. The minimum Gasteiger partial charge on any atom is -0.356 e. The van der Waals surface area contributed by atoms with Gasteiger partial charge in [-0.2, -0.15) is 0 Å². The maximum absolute atomic E-state index is 13.4. The van der Waals surface area contributed by atoms with Crippen LogP contribution in [0.4, 0.5) is 15.9 Å². The number of nitrogens with zero attached hydrogens (tertiary/aromatic N) is 2. The highest BCUT2D eigenvalue weighted by Crippen LogP contribution is 2.24. The lowest BCUT2D eigenvalue weighted by molar-refractivity contribution is 0.102. The van der Waals surface area contributed by atoms with E-state index in [1.807, 2.05) is 13.0 Å². The molecule has 128 valence electrons. The fourth-order valence-electron chi connectivity index (χ4n) is 3.05. The van der Waals surface area contributed by atoms with E-state index >= 15 is 0 Å². The molecule has 1 aliphatic heterocycles. The van der Waals surface area contributed by atoms with Crippen molar-refractivity contribution in [1.29, 1.82) is 0 Å². The Hall–Kier alpha value is -2.87. The Kier molecular flexibility index (Phi) is 4.99. The predicted octanol–water partition coefficient (Wildman–Crippen LogP) is 3.75. The van der Waals surface area contributed by atoms with Crippen molar-refractivity contribution < 1.29 is 9.18 Å². The molecule has 0 unspecified atom stereocenters. The third kappa shape index (κ3) is 3.80. The van der Waals surface area contributed by atoms with Crippen molar-refractivity contribution in [3.8, 4) is 12.3 Å². The molecule has 0 aliphatic carbocycles. The first kappa shape index (κ1) is 17.0. The fraction of sp³-hybridized carbons (Fsp3) is 0.300. The molecule has 1 fully saturated rings. The van der Waals surface area contributed by atoms with Crippen molar-refractivity contribution in [1.82, 2.24) is 4.98 Å². The molecule has 5 heteroatoms. The van der Waals surface area contributed by atoms with Gasteiger partial charge in [0.1, 0.15) is 11.6 Å². The number of aromatic nitrogens is 1. The van der Waals surface area contributed by atoms with Gasteiger partial charge in [0.05, 0.1) is 17.4 Å². The molecule has 1 N–H and O–H groups in total. The molecule has 1 amide bonds. The maximum atomic E-state index is 13.4. The summed E-state index contributed by atoms with van der Waals surface area (Å²) in [6, 6.07) is 5.88. The average molecular weight is 337 g/mol. The third-order valence-corrected chi connectivity index (χ3v) is 4.35. The molecule has 1 aliphatic rings. The number of benzene rings is 1. The topological polar surface area (TPSA) is 45.2 Å². The molecular weight excluding hydrogens is 317 g/mol. The van der Waals surface area contributed by atoms with Gasteiger partial charge in [-0.1, -0.05) is 5.92 Å². The standard InChI is InChI=1S/C20H20FN3O/c1-3-15-12-16(7-8-18(15)21)20(25)23-17-11-14(2)19(22-13-17)24-9-5-4-6-10-24/h1,7-8,11-13H,4-6,9-10H2,2H3,(H,23,25). The molecule has 2 aromatic rings. The summed E-state index contributed by atoms with van der Waals surface area (Å²) in [5, 5.41) is 2.79. The SMILES string of the molecule is C#Cc1cc(C(=O)Nc2cnc(N3CCCCC3)c(C)c2)ccc1F. The number of terminal acetylenes is 1. The van der Waals surface area contributed by atoms with Crippen LogP contribution in [0.5, 0.6) is 0 Å². The van der Waals surface area contributed by atoms with Gasteiger partial charge in [-0.3, -0.25) is 4.79 Å². The van der Waals surface area contributed by atoms with Gasteiger partial charge < -0.3 is 10.2 Å². The Bertz CT molecular complexity index is 835. The number of pyridine rings is 1. The molecule has 0 saturated carbocycles. The lowest BCUT2D eigenvalue weighted by Crippen LogP contribution is -2.30. The van der Waals surface area contributed by atoms with E-state index in [0.717, 1.165) is 24.5 Å². The van der Waals surface area contributed by atoms with Crippen molar-refractivity contribution in [2.24, 2.45) is 0 Å².